The van der Waals surface area contributed by atoms with Crippen molar-refractivity contribution in [2.75, 3.05) is 6.61 Å². The molecular weight excluding hydrogens is 188 g/mol. The first-order valence-electron chi connectivity index (χ1n) is 6.03. The summed E-state index contributed by atoms with van der Waals surface area (Å²) in [7, 11) is 0. The van der Waals surface area contributed by atoms with Gasteiger partial charge in [0.25, 0.3) is 0 Å². The lowest BCUT2D eigenvalue weighted by atomic mass is 9.66. The Hall–Kier alpha value is -0.370. The van der Waals surface area contributed by atoms with E-state index in [2.05, 4.69) is 27.7 Å². The number of aldehydes is 1. The molecule has 1 saturated carbocycles. The summed E-state index contributed by atoms with van der Waals surface area (Å²) in [5.74, 6) is 0.579. The van der Waals surface area contributed by atoms with Gasteiger partial charge in [-0.25, -0.2) is 0 Å². The first-order valence-corrected chi connectivity index (χ1v) is 6.03. The van der Waals surface area contributed by atoms with Crippen molar-refractivity contribution in [1.82, 2.24) is 0 Å². The summed E-state index contributed by atoms with van der Waals surface area (Å²) in [5.41, 5.74) is -0.274. The second kappa shape index (κ2) is 4.65. The minimum absolute atomic E-state index is 0.228. The van der Waals surface area contributed by atoms with Crippen molar-refractivity contribution in [2.45, 2.75) is 59.0 Å². The Morgan fingerprint density at radius 1 is 1.40 bits per heavy atom. The summed E-state index contributed by atoms with van der Waals surface area (Å²) in [5, 5.41) is 0. The van der Waals surface area contributed by atoms with Crippen molar-refractivity contribution in [1.29, 1.82) is 0 Å². The molecule has 2 nitrogen and oxygen atoms in total. The van der Waals surface area contributed by atoms with Crippen LogP contribution in [0.4, 0.5) is 0 Å². The van der Waals surface area contributed by atoms with Crippen molar-refractivity contribution in [2.24, 2.45) is 11.3 Å². The molecule has 0 amide bonds. The van der Waals surface area contributed by atoms with Crippen molar-refractivity contribution in [3.63, 3.8) is 0 Å². The van der Waals surface area contributed by atoms with E-state index in [0.29, 0.717) is 12.5 Å². The maximum Gasteiger partial charge on any atom is 0.151 e. The normalized spacial score (nSPS) is 35.1. The van der Waals surface area contributed by atoms with Gasteiger partial charge in [0, 0.05) is 6.61 Å². The van der Waals surface area contributed by atoms with E-state index < -0.39 is 5.60 Å². The predicted molar refractivity (Wildman–Crippen MR) is 61.8 cm³/mol. The van der Waals surface area contributed by atoms with Gasteiger partial charge in [-0.15, -0.1) is 0 Å². The van der Waals surface area contributed by atoms with Gasteiger partial charge in [-0.3, -0.25) is 0 Å². The molecule has 0 aromatic rings. The molecule has 0 saturated heterocycles. The Morgan fingerprint density at radius 2 is 2.07 bits per heavy atom. The van der Waals surface area contributed by atoms with Crippen molar-refractivity contribution in [3.05, 3.63) is 0 Å². The molecule has 1 fully saturated rings. The lowest BCUT2D eigenvalue weighted by molar-refractivity contribution is -0.146. The molecular formula is C13H24O2. The van der Waals surface area contributed by atoms with E-state index in [1.54, 1.807) is 0 Å². The van der Waals surface area contributed by atoms with Crippen LogP contribution in [0, 0.1) is 11.3 Å². The first-order chi connectivity index (χ1) is 6.93. The van der Waals surface area contributed by atoms with Crippen LogP contribution < -0.4 is 0 Å². The second-order valence-electron chi connectivity index (χ2n) is 5.89. The average molecular weight is 212 g/mol. The third-order valence-corrected chi connectivity index (χ3v) is 3.18. The fraction of sp³-hybridized carbons (Fsp3) is 0.923. The van der Waals surface area contributed by atoms with Gasteiger partial charge >= 0.3 is 0 Å². The summed E-state index contributed by atoms with van der Waals surface area (Å²) in [4.78, 5) is 11.3. The number of hydrogen-bond acceptors (Lipinski definition) is 2. The van der Waals surface area contributed by atoms with E-state index in [-0.39, 0.29) is 5.41 Å². The lowest BCUT2D eigenvalue weighted by Gasteiger charge is -2.44. The van der Waals surface area contributed by atoms with E-state index in [4.69, 9.17) is 4.74 Å². The zero-order valence-electron chi connectivity index (χ0n) is 10.5. The summed E-state index contributed by atoms with van der Waals surface area (Å²) in [6.07, 6.45) is 4.97. The Kier molecular flexibility index (Phi) is 3.93. The van der Waals surface area contributed by atoms with Gasteiger partial charge < -0.3 is 9.53 Å². The summed E-state index contributed by atoms with van der Waals surface area (Å²) in [6, 6.07) is 0. The Labute approximate surface area is 93.4 Å². The zero-order chi connectivity index (χ0) is 11.5. The smallest absolute Gasteiger partial charge is 0.151 e. The van der Waals surface area contributed by atoms with Crippen LogP contribution in [-0.2, 0) is 9.53 Å². The van der Waals surface area contributed by atoms with Gasteiger partial charge in [-0.2, -0.15) is 0 Å². The number of rotatable bonds is 4. The quantitative estimate of drug-likeness (QED) is 0.669. The highest BCUT2D eigenvalue weighted by Gasteiger charge is 2.43. The third kappa shape index (κ3) is 3.30. The van der Waals surface area contributed by atoms with Crippen LogP contribution in [-0.4, -0.2) is 18.5 Å². The van der Waals surface area contributed by atoms with Crippen molar-refractivity contribution >= 4 is 6.29 Å². The van der Waals surface area contributed by atoms with Crippen LogP contribution in [0.1, 0.15) is 53.4 Å². The summed E-state index contributed by atoms with van der Waals surface area (Å²) >= 11 is 0. The number of ether oxygens (including phenoxy) is 1. The Morgan fingerprint density at radius 3 is 2.53 bits per heavy atom. The highest BCUT2D eigenvalue weighted by Crippen LogP contribution is 2.44. The summed E-state index contributed by atoms with van der Waals surface area (Å²) in [6.45, 7) is 9.46. The average Bonchev–Trinajstić information content (AvgIpc) is 2.11. The van der Waals surface area contributed by atoms with E-state index in [1.165, 1.54) is 6.42 Å². The van der Waals surface area contributed by atoms with Gasteiger partial charge in [0.2, 0.25) is 0 Å². The standard InChI is InChI=1S/C13H24O2/c1-5-6-15-13(10-14)8-11(2)7-12(3,4)9-13/h10-11H,5-9H2,1-4H3. The van der Waals surface area contributed by atoms with Crippen molar-refractivity contribution < 1.29 is 9.53 Å². The van der Waals surface area contributed by atoms with E-state index in [9.17, 15) is 4.79 Å². The van der Waals surface area contributed by atoms with Gasteiger partial charge in [0.05, 0.1) is 0 Å². The molecule has 1 aliphatic carbocycles. The van der Waals surface area contributed by atoms with Crippen LogP contribution in [0.15, 0.2) is 0 Å². The molecule has 2 atom stereocenters. The molecule has 0 radical (unpaired) electrons. The lowest BCUT2D eigenvalue weighted by Crippen LogP contribution is -2.45. The van der Waals surface area contributed by atoms with Gasteiger partial charge in [0.15, 0.2) is 6.29 Å². The van der Waals surface area contributed by atoms with Gasteiger partial charge in [-0.05, 0) is 37.0 Å². The SMILES string of the molecule is CCCOC1(C=O)CC(C)CC(C)(C)C1. The molecule has 2 heteroatoms. The third-order valence-electron chi connectivity index (χ3n) is 3.18. The molecule has 0 aromatic heterocycles. The number of carbonyl (C=O) groups is 1. The van der Waals surface area contributed by atoms with Crippen molar-refractivity contribution in [3.8, 4) is 0 Å². The van der Waals surface area contributed by atoms with E-state index in [1.807, 2.05) is 0 Å². The largest absolute Gasteiger partial charge is 0.368 e. The molecule has 88 valence electrons. The minimum Gasteiger partial charge on any atom is -0.368 e. The first kappa shape index (κ1) is 12.7. The molecule has 0 N–H and O–H groups in total. The molecule has 0 spiro atoms. The highest BCUT2D eigenvalue weighted by molar-refractivity contribution is 5.63. The minimum atomic E-state index is -0.503. The van der Waals surface area contributed by atoms with Crippen LogP contribution in [0.5, 0.6) is 0 Å². The monoisotopic (exact) mass is 212 g/mol. The Bertz CT molecular complexity index is 223. The molecule has 15 heavy (non-hydrogen) atoms. The zero-order valence-corrected chi connectivity index (χ0v) is 10.5. The molecule has 0 aromatic carbocycles. The predicted octanol–water partition coefficient (Wildman–Crippen LogP) is 3.20. The van der Waals surface area contributed by atoms with Crippen LogP contribution >= 0.6 is 0 Å². The molecule has 0 bridgehead atoms. The number of hydrogen-bond donors (Lipinski definition) is 0. The molecule has 0 heterocycles. The van der Waals surface area contributed by atoms with Gasteiger partial charge in [-0.1, -0.05) is 27.7 Å². The maximum atomic E-state index is 11.3. The van der Waals surface area contributed by atoms with Crippen LogP contribution in [0.3, 0.4) is 0 Å². The van der Waals surface area contributed by atoms with Crippen LogP contribution in [0.25, 0.3) is 0 Å². The fourth-order valence-electron chi connectivity index (χ4n) is 3.10. The molecule has 2 unspecified atom stereocenters. The number of carbonyl (C=O) groups excluding carboxylic acids is 1. The highest BCUT2D eigenvalue weighted by atomic mass is 16.5. The molecule has 0 aliphatic heterocycles. The topological polar surface area (TPSA) is 26.3 Å². The summed E-state index contributed by atoms with van der Waals surface area (Å²) < 4.78 is 5.81. The molecule has 1 rings (SSSR count). The van der Waals surface area contributed by atoms with E-state index in [0.717, 1.165) is 25.5 Å². The molecule has 1 aliphatic rings. The maximum absolute atomic E-state index is 11.3. The van der Waals surface area contributed by atoms with Crippen LogP contribution in [0.2, 0.25) is 0 Å². The van der Waals surface area contributed by atoms with E-state index >= 15 is 0 Å². The Balaban J connectivity index is 2.74. The fourth-order valence-corrected chi connectivity index (χ4v) is 3.10. The second-order valence-corrected chi connectivity index (χ2v) is 5.89. The van der Waals surface area contributed by atoms with Gasteiger partial charge in [0.1, 0.15) is 5.60 Å².